The third kappa shape index (κ3) is 10.3. The Labute approximate surface area is 243 Å². The summed E-state index contributed by atoms with van der Waals surface area (Å²) >= 11 is 0. The Morgan fingerprint density at radius 2 is 1.95 bits per heavy atom. The Morgan fingerprint density at radius 3 is 2.66 bits per heavy atom. The average molecular weight is 576 g/mol. The van der Waals surface area contributed by atoms with Gasteiger partial charge in [0.05, 0.1) is 31.0 Å². The summed E-state index contributed by atoms with van der Waals surface area (Å²) < 4.78 is 12.3. The summed E-state index contributed by atoms with van der Waals surface area (Å²) in [5.41, 5.74) is 1.15. The number of rotatable bonds is 15. The second-order valence-electron chi connectivity index (χ2n) is 11.5. The van der Waals surface area contributed by atoms with E-state index in [0.717, 1.165) is 24.8 Å². The molecule has 0 bridgehead atoms. The highest BCUT2D eigenvalue weighted by atomic mass is 16.7. The first-order valence-electron chi connectivity index (χ1n) is 15.0. The van der Waals surface area contributed by atoms with Gasteiger partial charge in [0.15, 0.2) is 5.79 Å². The number of unbranched alkanes of at least 4 members (excludes halogenated alkanes) is 1. The molecule has 1 aliphatic carbocycles. The lowest BCUT2D eigenvalue weighted by molar-refractivity contribution is -0.330. The van der Waals surface area contributed by atoms with Crippen LogP contribution >= 0.6 is 0 Å². The molecule has 1 unspecified atom stereocenters. The number of hydrogen-bond acceptors (Lipinski definition) is 8. The molecule has 2 fully saturated rings. The zero-order valence-corrected chi connectivity index (χ0v) is 24.3. The molecular formula is C32H49NO8. The maximum Gasteiger partial charge on any atom is 0.219 e. The van der Waals surface area contributed by atoms with Crippen molar-refractivity contribution in [1.29, 1.82) is 0 Å². The number of carbonyl (C=O) groups excluding carboxylic acids is 1. The number of aliphatic hydroxyl groups is 5. The summed E-state index contributed by atoms with van der Waals surface area (Å²) in [4.78, 5) is 11.7. The van der Waals surface area contributed by atoms with Crippen LogP contribution in [0.3, 0.4) is 0 Å². The Bertz CT molecular complexity index is 972. The molecule has 230 valence electrons. The fraction of sp³-hybridized carbons (Fsp3) is 0.656. The molecule has 9 heteroatoms. The van der Waals surface area contributed by atoms with E-state index in [-0.39, 0.29) is 24.2 Å². The maximum absolute atomic E-state index is 11.7. The predicted molar refractivity (Wildman–Crippen MR) is 156 cm³/mol. The van der Waals surface area contributed by atoms with E-state index in [2.05, 4.69) is 5.32 Å². The summed E-state index contributed by atoms with van der Waals surface area (Å²) in [6.07, 6.45) is 6.85. The van der Waals surface area contributed by atoms with Crippen LogP contribution in [0, 0.1) is 11.8 Å². The van der Waals surface area contributed by atoms with Crippen molar-refractivity contribution in [2.45, 2.75) is 108 Å². The topological polar surface area (TPSA) is 149 Å². The standard InChI is InChI=1S/C32H49NO8/c1-3-33-30(38)14-10-5-4-9-13-25-24(18-17-23(35)16-15-22-11-7-6-8-12-22)26(36)19-28(25)40-32(2)20-27(37)31(39)29(21-34)41-32/h4,6-9,11-12,17-18,23-29,31,34-37,39H,3,5,10,13-16,19-21H2,1-2H3,(H,33,38)/t23-,24+,25+,26+,27-,28-,29?,31-,32-/m0/s1. The van der Waals surface area contributed by atoms with E-state index in [0.29, 0.717) is 32.2 Å². The highest BCUT2D eigenvalue weighted by Gasteiger charge is 2.49. The SMILES string of the molecule is CCNC(=O)CCCC=CC[C@@H]1[C@@H](C=C[C@@H](O)CCc2ccccc2)[C@H](O)C[C@@H]1O[C@]1(C)C[C@H](O)[C@H](O)C(CO)O1. The van der Waals surface area contributed by atoms with Crippen LogP contribution in [0.2, 0.25) is 0 Å². The van der Waals surface area contributed by atoms with Crippen molar-refractivity contribution in [1.82, 2.24) is 5.32 Å². The van der Waals surface area contributed by atoms with E-state index >= 15 is 0 Å². The van der Waals surface area contributed by atoms with Gasteiger partial charge in [-0.2, -0.15) is 0 Å². The molecule has 1 amide bonds. The van der Waals surface area contributed by atoms with Gasteiger partial charge in [0.2, 0.25) is 5.91 Å². The molecule has 6 N–H and O–H groups in total. The maximum atomic E-state index is 11.7. The van der Waals surface area contributed by atoms with Crippen molar-refractivity contribution in [3.63, 3.8) is 0 Å². The lowest BCUT2D eigenvalue weighted by Gasteiger charge is -2.44. The van der Waals surface area contributed by atoms with Crippen LogP contribution in [-0.4, -0.2) is 87.0 Å². The highest BCUT2D eigenvalue weighted by molar-refractivity contribution is 5.75. The van der Waals surface area contributed by atoms with Crippen LogP contribution in [0.25, 0.3) is 0 Å². The van der Waals surface area contributed by atoms with Crippen molar-refractivity contribution < 1.29 is 39.8 Å². The van der Waals surface area contributed by atoms with Crippen LogP contribution in [0.4, 0.5) is 0 Å². The number of ether oxygens (including phenoxy) is 2. The molecule has 1 heterocycles. The van der Waals surface area contributed by atoms with Crippen LogP contribution in [-0.2, 0) is 20.7 Å². The first kappa shape index (κ1) is 33.4. The van der Waals surface area contributed by atoms with Crippen LogP contribution in [0.1, 0.15) is 64.4 Å². The monoisotopic (exact) mass is 575 g/mol. The number of hydrogen-bond donors (Lipinski definition) is 6. The number of carbonyl (C=O) groups is 1. The van der Waals surface area contributed by atoms with Gasteiger partial charge in [-0.05, 0) is 57.4 Å². The van der Waals surface area contributed by atoms with Gasteiger partial charge >= 0.3 is 0 Å². The van der Waals surface area contributed by atoms with E-state index in [1.54, 1.807) is 13.0 Å². The molecule has 0 radical (unpaired) electrons. The molecule has 9 atom stereocenters. The van der Waals surface area contributed by atoms with E-state index in [1.807, 2.05) is 55.5 Å². The molecule has 2 aliphatic rings. The predicted octanol–water partition coefficient (Wildman–Crippen LogP) is 2.39. The smallest absolute Gasteiger partial charge is 0.219 e. The van der Waals surface area contributed by atoms with Gasteiger partial charge in [0.1, 0.15) is 12.2 Å². The average Bonchev–Trinajstić information content (AvgIpc) is 3.23. The second-order valence-corrected chi connectivity index (χ2v) is 11.5. The van der Waals surface area contributed by atoms with E-state index in [1.165, 1.54) is 0 Å². The molecule has 1 saturated carbocycles. The van der Waals surface area contributed by atoms with Crippen molar-refractivity contribution in [2.24, 2.45) is 11.8 Å². The summed E-state index contributed by atoms with van der Waals surface area (Å²) in [5, 5.41) is 54.7. The molecule has 3 rings (SSSR count). The molecule has 1 aliphatic heterocycles. The molecule has 0 aromatic heterocycles. The normalized spacial score (nSPS) is 33.0. The van der Waals surface area contributed by atoms with Crippen LogP contribution in [0.15, 0.2) is 54.6 Å². The molecule has 1 aromatic carbocycles. The van der Waals surface area contributed by atoms with Gasteiger partial charge in [-0.1, -0.05) is 54.6 Å². The lowest BCUT2D eigenvalue weighted by Crippen LogP contribution is -2.56. The van der Waals surface area contributed by atoms with Gasteiger partial charge in [0.25, 0.3) is 0 Å². The Kier molecular flexibility index (Phi) is 13.4. The molecular weight excluding hydrogens is 526 g/mol. The summed E-state index contributed by atoms with van der Waals surface area (Å²) in [6.45, 7) is 3.74. The van der Waals surface area contributed by atoms with Crippen molar-refractivity contribution in [2.75, 3.05) is 13.2 Å². The Hall–Kier alpha value is -2.11. The summed E-state index contributed by atoms with van der Waals surface area (Å²) in [6, 6.07) is 9.97. The number of amides is 1. The van der Waals surface area contributed by atoms with E-state index in [4.69, 9.17) is 9.47 Å². The zero-order valence-electron chi connectivity index (χ0n) is 24.3. The minimum atomic E-state index is -1.25. The summed E-state index contributed by atoms with van der Waals surface area (Å²) in [5.74, 6) is -1.63. The lowest BCUT2D eigenvalue weighted by atomic mass is 9.89. The third-order valence-electron chi connectivity index (χ3n) is 8.08. The first-order chi connectivity index (χ1) is 19.7. The molecule has 9 nitrogen and oxygen atoms in total. The fourth-order valence-corrected chi connectivity index (χ4v) is 5.90. The van der Waals surface area contributed by atoms with Gasteiger partial charge in [-0.15, -0.1) is 0 Å². The van der Waals surface area contributed by atoms with Gasteiger partial charge in [-0.25, -0.2) is 0 Å². The van der Waals surface area contributed by atoms with Crippen molar-refractivity contribution in [3.8, 4) is 0 Å². The van der Waals surface area contributed by atoms with Crippen molar-refractivity contribution >= 4 is 5.91 Å². The molecule has 1 saturated heterocycles. The van der Waals surface area contributed by atoms with Crippen LogP contribution < -0.4 is 5.32 Å². The minimum absolute atomic E-state index is 0.0261. The van der Waals surface area contributed by atoms with E-state index in [9.17, 15) is 30.3 Å². The number of aliphatic hydroxyl groups excluding tert-OH is 5. The number of nitrogens with one attached hydrogen (secondary N) is 1. The first-order valence-corrected chi connectivity index (χ1v) is 15.0. The quantitative estimate of drug-likeness (QED) is 0.138. The fourth-order valence-electron chi connectivity index (χ4n) is 5.90. The Morgan fingerprint density at radius 1 is 1.20 bits per heavy atom. The molecule has 41 heavy (non-hydrogen) atoms. The number of benzene rings is 1. The molecule has 1 aromatic rings. The summed E-state index contributed by atoms with van der Waals surface area (Å²) in [7, 11) is 0. The largest absolute Gasteiger partial charge is 0.394 e. The van der Waals surface area contributed by atoms with Gasteiger partial charge in [-0.3, -0.25) is 4.79 Å². The van der Waals surface area contributed by atoms with Gasteiger partial charge < -0.3 is 40.3 Å². The van der Waals surface area contributed by atoms with Gasteiger partial charge in [0, 0.05) is 31.7 Å². The third-order valence-corrected chi connectivity index (χ3v) is 8.08. The van der Waals surface area contributed by atoms with Crippen molar-refractivity contribution in [3.05, 3.63) is 60.2 Å². The van der Waals surface area contributed by atoms with E-state index < -0.39 is 49.0 Å². The second kappa shape index (κ2) is 16.5. The Balaban J connectivity index is 1.67. The zero-order chi connectivity index (χ0) is 29.8. The number of aryl methyl sites for hydroxylation is 1. The minimum Gasteiger partial charge on any atom is -0.394 e. The number of allylic oxidation sites excluding steroid dienone is 2. The van der Waals surface area contributed by atoms with Crippen LogP contribution in [0.5, 0.6) is 0 Å². The highest BCUT2D eigenvalue weighted by Crippen LogP contribution is 2.42. The molecule has 0 spiro atoms.